The predicted molar refractivity (Wildman–Crippen MR) is 104 cm³/mol. The SMILES string of the molecule is CCN(CC(=O)NCc1ccc(Cl)cc1)S(=O)(=O)c1cc(C)ccc1C. The van der Waals surface area contributed by atoms with E-state index >= 15 is 0 Å². The third-order valence-electron chi connectivity index (χ3n) is 4.04. The highest BCUT2D eigenvalue weighted by molar-refractivity contribution is 7.89. The van der Waals surface area contributed by atoms with Crippen LogP contribution in [0.2, 0.25) is 5.02 Å². The van der Waals surface area contributed by atoms with Crippen molar-refractivity contribution >= 4 is 27.5 Å². The van der Waals surface area contributed by atoms with Gasteiger partial charge in [0.25, 0.3) is 0 Å². The topological polar surface area (TPSA) is 66.5 Å². The van der Waals surface area contributed by atoms with Gasteiger partial charge in [0.15, 0.2) is 0 Å². The van der Waals surface area contributed by atoms with E-state index in [9.17, 15) is 13.2 Å². The molecular weight excluding hydrogens is 372 g/mol. The number of benzene rings is 2. The number of amides is 1. The van der Waals surface area contributed by atoms with E-state index < -0.39 is 10.0 Å². The Morgan fingerprint density at radius 1 is 1.12 bits per heavy atom. The van der Waals surface area contributed by atoms with E-state index in [0.717, 1.165) is 11.1 Å². The van der Waals surface area contributed by atoms with Gasteiger partial charge in [0, 0.05) is 18.1 Å². The van der Waals surface area contributed by atoms with Gasteiger partial charge in [-0.2, -0.15) is 4.31 Å². The number of aryl methyl sites for hydroxylation is 2. The first kappa shape index (κ1) is 20.4. The molecule has 1 amide bonds. The van der Waals surface area contributed by atoms with Crippen LogP contribution in [-0.4, -0.2) is 31.7 Å². The molecular formula is C19H23ClN2O3S. The summed E-state index contributed by atoms with van der Waals surface area (Å²) in [5.74, 6) is -0.351. The van der Waals surface area contributed by atoms with Gasteiger partial charge in [0.05, 0.1) is 11.4 Å². The normalized spacial score (nSPS) is 11.6. The van der Waals surface area contributed by atoms with E-state index in [2.05, 4.69) is 5.32 Å². The maximum atomic E-state index is 12.9. The molecule has 2 aromatic carbocycles. The molecule has 0 aliphatic heterocycles. The molecule has 0 unspecified atom stereocenters. The third-order valence-corrected chi connectivity index (χ3v) is 6.35. The van der Waals surface area contributed by atoms with Crippen LogP contribution in [-0.2, 0) is 21.4 Å². The minimum Gasteiger partial charge on any atom is -0.351 e. The van der Waals surface area contributed by atoms with Crippen LogP contribution in [0.5, 0.6) is 0 Å². The summed E-state index contributed by atoms with van der Waals surface area (Å²) in [6, 6.07) is 12.4. The molecule has 0 aliphatic rings. The molecule has 0 fully saturated rings. The van der Waals surface area contributed by atoms with E-state index in [1.807, 2.05) is 25.1 Å². The molecule has 7 heteroatoms. The predicted octanol–water partition coefficient (Wildman–Crippen LogP) is 3.28. The van der Waals surface area contributed by atoms with Crippen molar-refractivity contribution in [2.45, 2.75) is 32.2 Å². The van der Waals surface area contributed by atoms with Crippen LogP contribution in [0.25, 0.3) is 0 Å². The fourth-order valence-corrected chi connectivity index (χ4v) is 4.35. The summed E-state index contributed by atoms with van der Waals surface area (Å²) in [6.07, 6.45) is 0. The van der Waals surface area contributed by atoms with Gasteiger partial charge in [-0.15, -0.1) is 0 Å². The number of carbonyl (C=O) groups excluding carboxylic acids is 1. The van der Waals surface area contributed by atoms with Crippen LogP contribution in [0.3, 0.4) is 0 Å². The van der Waals surface area contributed by atoms with Crippen LogP contribution < -0.4 is 5.32 Å². The summed E-state index contributed by atoms with van der Waals surface area (Å²) < 4.78 is 27.0. The molecule has 0 saturated heterocycles. The summed E-state index contributed by atoms with van der Waals surface area (Å²) in [5.41, 5.74) is 2.41. The third kappa shape index (κ3) is 5.06. The number of hydrogen-bond acceptors (Lipinski definition) is 3. The Bertz CT molecular complexity index is 880. The van der Waals surface area contributed by atoms with Crippen molar-refractivity contribution < 1.29 is 13.2 Å². The number of sulfonamides is 1. The van der Waals surface area contributed by atoms with E-state index in [1.165, 1.54) is 4.31 Å². The lowest BCUT2D eigenvalue weighted by atomic mass is 10.2. The van der Waals surface area contributed by atoms with Gasteiger partial charge in [-0.05, 0) is 48.7 Å². The molecule has 26 heavy (non-hydrogen) atoms. The maximum absolute atomic E-state index is 12.9. The highest BCUT2D eigenvalue weighted by Gasteiger charge is 2.26. The van der Waals surface area contributed by atoms with Crippen molar-refractivity contribution in [3.8, 4) is 0 Å². The summed E-state index contributed by atoms with van der Waals surface area (Å²) >= 11 is 5.83. The van der Waals surface area contributed by atoms with Crippen molar-refractivity contribution in [1.82, 2.24) is 9.62 Å². The molecule has 0 atom stereocenters. The van der Waals surface area contributed by atoms with Crippen molar-refractivity contribution in [3.63, 3.8) is 0 Å². The summed E-state index contributed by atoms with van der Waals surface area (Å²) in [5, 5.41) is 3.37. The van der Waals surface area contributed by atoms with Gasteiger partial charge in [-0.3, -0.25) is 4.79 Å². The first-order chi connectivity index (χ1) is 12.2. The lowest BCUT2D eigenvalue weighted by Gasteiger charge is -2.21. The van der Waals surface area contributed by atoms with Gasteiger partial charge in [0.1, 0.15) is 0 Å². The Hall–Kier alpha value is -1.89. The fourth-order valence-electron chi connectivity index (χ4n) is 2.51. The van der Waals surface area contributed by atoms with Gasteiger partial charge in [0.2, 0.25) is 15.9 Å². The Labute approximate surface area is 160 Å². The summed E-state index contributed by atoms with van der Waals surface area (Å²) in [4.78, 5) is 12.5. The highest BCUT2D eigenvalue weighted by Crippen LogP contribution is 2.21. The number of carbonyl (C=O) groups is 1. The number of nitrogens with zero attached hydrogens (tertiary/aromatic N) is 1. The second-order valence-corrected chi connectivity index (χ2v) is 8.45. The average Bonchev–Trinajstić information content (AvgIpc) is 2.61. The zero-order chi connectivity index (χ0) is 19.3. The fraction of sp³-hybridized carbons (Fsp3) is 0.316. The summed E-state index contributed by atoms with van der Waals surface area (Å²) in [6.45, 7) is 5.62. The molecule has 0 saturated carbocycles. The molecule has 2 aromatic rings. The largest absolute Gasteiger partial charge is 0.351 e. The van der Waals surface area contributed by atoms with E-state index in [0.29, 0.717) is 17.1 Å². The van der Waals surface area contributed by atoms with E-state index in [-0.39, 0.29) is 23.9 Å². The van der Waals surface area contributed by atoms with Crippen LogP contribution in [0.1, 0.15) is 23.6 Å². The van der Waals surface area contributed by atoms with Gasteiger partial charge in [-0.25, -0.2) is 8.42 Å². The molecule has 5 nitrogen and oxygen atoms in total. The van der Waals surface area contributed by atoms with Gasteiger partial charge < -0.3 is 5.32 Å². The minimum atomic E-state index is -3.73. The van der Waals surface area contributed by atoms with E-state index in [4.69, 9.17) is 11.6 Å². The molecule has 0 aromatic heterocycles. The number of likely N-dealkylation sites (N-methyl/N-ethyl adjacent to an activating group) is 1. The Kier molecular flexibility index (Phi) is 6.81. The molecule has 1 N–H and O–H groups in total. The van der Waals surface area contributed by atoms with Crippen molar-refractivity contribution in [2.24, 2.45) is 0 Å². The Morgan fingerprint density at radius 2 is 1.77 bits per heavy atom. The molecule has 2 rings (SSSR count). The maximum Gasteiger partial charge on any atom is 0.243 e. The number of halogens is 1. The Morgan fingerprint density at radius 3 is 2.38 bits per heavy atom. The first-order valence-corrected chi connectivity index (χ1v) is 10.1. The van der Waals surface area contributed by atoms with Crippen molar-refractivity contribution in [1.29, 1.82) is 0 Å². The highest BCUT2D eigenvalue weighted by atomic mass is 35.5. The van der Waals surface area contributed by atoms with Crippen molar-refractivity contribution in [3.05, 3.63) is 64.2 Å². The number of hydrogen-bond donors (Lipinski definition) is 1. The van der Waals surface area contributed by atoms with Crippen LogP contribution in [0, 0.1) is 13.8 Å². The van der Waals surface area contributed by atoms with Gasteiger partial charge in [-0.1, -0.05) is 42.8 Å². The van der Waals surface area contributed by atoms with Crippen molar-refractivity contribution in [2.75, 3.05) is 13.1 Å². The first-order valence-electron chi connectivity index (χ1n) is 8.32. The zero-order valence-electron chi connectivity index (χ0n) is 15.1. The molecule has 140 valence electrons. The van der Waals surface area contributed by atoms with Crippen LogP contribution in [0.4, 0.5) is 0 Å². The standard InChI is InChI=1S/C19H23ClN2O3S/c1-4-22(26(24,25)18-11-14(2)5-6-15(18)3)13-19(23)21-12-16-7-9-17(20)10-8-16/h5-11H,4,12-13H2,1-3H3,(H,21,23). The molecule has 0 radical (unpaired) electrons. The minimum absolute atomic E-state index is 0.212. The zero-order valence-corrected chi connectivity index (χ0v) is 16.7. The van der Waals surface area contributed by atoms with Crippen LogP contribution >= 0.6 is 11.6 Å². The molecule has 0 spiro atoms. The number of rotatable bonds is 7. The molecule has 0 bridgehead atoms. The van der Waals surface area contributed by atoms with Gasteiger partial charge >= 0.3 is 0 Å². The quantitative estimate of drug-likeness (QED) is 0.783. The summed E-state index contributed by atoms with van der Waals surface area (Å²) in [7, 11) is -3.73. The van der Waals surface area contributed by atoms with E-state index in [1.54, 1.807) is 38.1 Å². The van der Waals surface area contributed by atoms with Crippen LogP contribution in [0.15, 0.2) is 47.4 Å². The monoisotopic (exact) mass is 394 g/mol. The average molecular weight is 395 g/mol. The lowest BCUT2D eigenvalue weighted by Crippen LogP contribution is -2.40. The molecule has 0 aliphatic carbocycles. The lowest BCUT2D eigenvalue weighted by molar-refractivity contribution is -0.121. The smallest absolute Gasteiger partial charge is 0.243 e. The Balaban J connectivity index is 2.08. The second kappa shape index (κ2) is 8.66. The molecule has 0 heterocycles. The second-order valence-electron chi connectivity index (χ2n) is 6.10. The number of nitrogens with one attached hydrogen (secondary N) is 1.